The monoisotopic (exact) mass is 370 g/mol. The molecule has 0 aromatic heterocycles. The highest BCUT2D eigenvalue weighted by Gasteiger charge is 2.29. The molecule has 0 saturated carbocycles. The van der Waals surface area contributed by atoms with E-state index in [2.05, 4.69) is 4.72 Å². The fraction of sp³-hybridized carbons (Fsp3) is 0.588. The molecule has 0 aliphatic carbocycles. The van der Waals surface area contributed by atoms with Gasteiger partial charge in [0.25, 0.3) is 0 Å². The van der Waals surface area contributed by atoms with Gasteiger partial charge in [-0.15, -0.1) is 0 Å². The van der Waals surface area contributed by atoms with Gasteiger partial charge < -0.3 is 14.7 Å². The maximum absolute atomic E-state index is 12.5. The Morgan fingerprint density at radius 1 is 1.24 bits per heavy atom. The molecule has 140 valence electrons. The topological polar surface area (TPSA) is 95.9 Å². The minimum Gasteiger partial charge on any atom is -0.394 e. The number of aliphatic hydroxyl groups excluding tert-OH is 1. The quantitative estimate of drug-likeness (QED) is 0.786. The molecule has 1 aliphatic rings. The molecule has 2 rings (SSSR count). The highest BCUT2D eigenvalue weighted by atomic mass is 32.2. The summed E-state index contributed by atoms with van der Waals surface area (Å²) >= 11 is 0. The van der Waals surface area contributed by atoms with Crippen LogP contribution in [0.3, 0.4) is 0 Å². The van der Waals surface area contributed by atoms with Crippen LogP contribution in [-0.2, 0) is 25.0 Å². The number of aliphatic hydroxyl groups is 1. The molecule has 7 nitrogen and oxygen atoms in total. The van der Waals surface area contributed by atoms with Gasteiger partial charge in [0.05, 0.1) is 24.7 Å². The number of rotatable bonds is 5. The molecule has 0 bridgehead atoms. The van der Waals surface area contributed by atoms with Crippen molar-refractivity contribution in [2.45, 2.75) is 37.1 Å². The zero-order valence-electron chi connectivity index (χ0n) is 14.9. The number of morpholine rings is 1. The van der Waals surface area contributed by atoms with Gasteiger partial charge in [0.1, 0.15) is 6.04 Å². The van der Waals surface area contributed by atoms with E-state index in [1.54, 1.807) is 12.1 Å². The van der Waals surface area contributed by atoms with Crippen molar-refractivity contribution in [1.82, 2.24) is 9.62 Å². The number of ether oxygens (including phenoxy) is 1. The molecule has 8 heteroatoms. The van der Waals surface area contributed by atoms with Crippen molar-refractivity contribution in [3.05, 3.63) is 29.8 Å². The Kier molecular flexibility index (Phi) is 6.21. The average Bonchev–Trinajstić information content (AvgIpc) is 2.59. The molecular formula is C17H26N2O5S. The van der Waals surface area contributed by atoms with Crippen LogP contribution in [-0.4, -0.2) is 63.3 Å². The highest BCUT2D eigenvalue weighted by Crippen LogP contribution is 2.23. The summed E-state index contributed by atoms with van der Waals surface area (Å²) in [5, 5.41) is 9.48. The first kappa shape index (κ1) is 19.8. The second-order valence-electron chi connectivity index (χ2n) is 7.07. The van der Waals surface area contributed by atoms with Gasteiger partial charge >= 0.3 is 0 Å². The summed E-state index contributed by atoms with van der Waals surface area (Å²) in [6.07, 6.45) is 0. The molecule has 25 heavy (non-hydrogen) atoms. The Bertz CT molecular complexity index is 689. The molecule has 1 fully saturated rings. The zero-order chi connectivity index (χ0) is 18.7. The van der Waals surface area contributed by atoms with Crippen molar-refractivity contribution in [2.24, 2.45) is 0 Å². The van der Waals surface area contributed by atoms with E-state index in [0.717, 1.165) is 5.56 Å². The van der Waals surface area contributed by atoms with E-state index >= 15 is 0 Å². The lowest BCUT2D eigenvalue weighted by atomic mass is 9.87. The van der Waals surface area contributed by atoms with Crippen molar-refractivity contribution < 1.29 is 23.1 Å². The summed E-state index contributed by atoms with van der Waals surface area (Å²) in [5.74, 6) is -0.444. The molecule has 0 unspecified atom stereocenters. The van der Waals surface area contributed by atoms with Gasteiger partial charge in [-0.25, -0.2) is 8.42 Å². The Labute approximate surface area is 149 Å². The number of hydrogen-bond acceptors (Lipinski definition) is 5. The van der Waals surface area contributed by atoms with E-state index in [9.17, 15) is 18.3 Å². The maximum Gasteiger partial charge on any atom is 0.243 e. The normalized spacial score (nSPS) is 17.4. The highest BCUT2D eigenvalue weighted by molar-refractivity contribution is 7.89. The molecule has 1 aromatic rings. The Morgan fingerprint density at radius 2 is 1.80 bits per heavy atom. The predicted octanol–water partition coefficient (Wildman–Crippen LogP) is 0.482. The number of carbonyl (C=O) groups excluding carboxylic acids is 1. The number of benzene rings is 1. The molecule has 1 heterocycles. The molecule has 1 atom stereocenters. The lowest BCUT2D eigenvalue weighted by Crippen LogP contribution is -2.53. The van der Waals surface area contributed by atoms with Crippen LogP contribution in [0, 0.1) is 0 Å². The van der Waals surface area contributed by atoms with E-state index < -0.39 is 28.6 Å². The van der Waals surface area contributed by atoms with E-state index in [-0.39, 0.29) is 10.3 Å². The van der Waals surface area contributed by atoms with E-state index in [4.69, 9.17) is 4.74 Å². The van der Waals surface area contributed by atoms with Crippen LogP contribution in [0.2, 0.25) is 0 Å². The third kappa shape index (κ3) is 5.01. The third-order valence-corrected chi connectivity index (χ3v) is 5.62. The molecule has 1 saturated heterocycles. The van der Waals surface area contributed by atoms with Crippen LogP contribution in [0.4, 0.5) is 0 Å². The fourth-order valence-electron chi connectivity index (χ4n) is 2.56. The van der Waals surface area contributed by atoms with Crippen LogP contribution in [0.1, 0.15) is 26.3 Å². The standard InChI is InChI=1S/C17H26N2O5S/c1-17(2,3)13-4-6-14(7-5-13)25(22,23)18-15(12-20)16(21)19-8-10-24-11-9-19/h4-7,15,18,20H,8-12H2,1-3H3/t15-/m0/s1. The fourth-order valence-corrected chi connectivity index (χ4v) is 3.74. The Hall–Kier alpha value is -1.48. The second-order valence-corrected chi connectivity index (χ2v) is 8.78. The first-order valence-electron chi connectivity index (χ1n) is 8.25. The number of carbonyl (C=O) groups is 1. The van der Waals surface area contributed by atoms with Gasteiger partial charge in [0, 0.05) is 13.1 Å². The SMILES string of the molecule is CC(C)(C)c1ccc(S(=O)(=O)N[C@@H](CO)C(=O)N2CCOCC2)cc1. The number of sulfonamides is 1. The van der Waals surface area contributed by atoms with Crippen molar-refractivity contribution in [3.63, 3.8) is 0 Å². The Morgan fingerprint density at radius 3 is 2.28 bits per heavy atom. The summed E-state index contributed by atoms with van der Waals surface area (Å²) < 4.78 is 32.5. The van der Waals surface area contributed by atoms with E-state index in [1.807, 2.05) is 20.8 Å². The molecule has 1 aromatic carbocycles. The largest absolute Gasteiger partial charge is 0.394 e. The first-order valence-corrected chi connectivity index (χ1v) is 9.74. The van der Waals surface area contributed by atoms with Crippen LogP contribution in [0.15, 0.2) is 29.2 Å². The summed E-state index contributed by atoms with van der Waals surface area (Å²) in [6, 6.07) is 5.33. The van der Waals surface area contributed by atoms with Gasteiger partial charge in [-0.05, 0) is 23.1 Å². The molecule has 0 spiro atoms. The van der Waals surface area contributed by atoms with Crippen LogP contribution < -0.4 is 4.72 Å². The first-order chi connectivity index (χ1) is 11.6. The van der Waals surface area contributed by atoms with Crippen molar-refractivity contribution >= 4 is 15.9 Å². The smallest absolute Gasteiger partial charge is 0.243 e. The van der Waals surface area contributed by atoms with Crippen molar-refractivity contribution in [3.8, 4) is 0 Å². The van der Waals surface area contributed by atoms with Crippen molar-refractivity contribution in [2.75, 3.05) is 32.9 Å². The third-order valence-electron chi connectivity index (χ3n) is 4.13. The molecule has 1 aliphatic heterocycles. The van der Waals surface area contributed by atoms with Gasteiger partial charge in [-0.3, -0.25) is 4.79 Å². The van der Waals surface area contributed by atoms with Gasteiger partial charge in [0.2, 0.25) is 15.9 Å². The molecule has 2 N–H and O–H groups in total. The lowest BCUT2D eigenvalue weighted by Gasteiger charge is -2.30. The lowest BCUT2D eigenvalue weighted by molar-refractivity contribution is -0.138. The van der Waals surface area contributed by atoms with Crippen LogP contribution >= 0.6 is 0 Å². The average molecular weight is 370 g/mol. The van der Waals surface area contributed by atoms with E-state index in [0.29, 0.717) is 26.3 Å². The second kappa shape index (κ2) is 7.82. The zero-order valence-corrected chi connectivity index (χ0v) is 15.7. The summed E-state index contributed by atoms with van der Waals surface area (Å²) in [7, 11) is -3.91. The van der Waals surface area contributed by atoms with Crippen LogP contribution in [0.5, 0.6) is 0 Å². The van der Waals surface area contributed by atoms with Crippen LogP contribution in [0.25, 0.3) is 0 Å². The van der Waals surface area contributed by atoms with Gasteiger partial charge in [-0.1, -0.05) is 32.9 Å². The molecular weight excluding hydrogens is 344 g/mol. The number of nitrogens with one attached hydrogen (secondary N) is 1. The summed E-state index contributed by atoms with van der Waals surface area (Å²) in [4.78, 5) is 14.0. The molecule has 0 radical (unpaired) electrons. The van der Waals surface area contributed by atoms with Gasteiger partial charge in [-0.2, -0.15) is 4.72 Å². The minimum atomic E-state index is -3.91. The Balaban J connectivity index is 2.13. The maximum atomic E-state index is 12.5. The van der Waals surface area contributed by atoms with E-state index in [1.165, 1.54) is 17.0 Å². The molecule has 1 amide bonds. The number of hydrogen-bond donors (Lipinski definition) is 2. The number of amides is 1. The number of nitrogens with zero attached hydrogens (tertiary/aromatic N) is 1. The van der Waals surface area contributed by atoms with Crippen molar-refractivity contribution in [1.29, 1.82) is 0 Å². The minimum absolute atomic E-state index is 0.0636. The summed E-state index contributed by atoms with van der Waals surface area (Å²) in [5.41, 5.74) is 0.921. The van der Waals surface area contributed by atoms with Gasteiger partial charge in [0.15, 0.2) is 0 Å². The predicted molar refractivity (Wildman–Crippen MR) is 93.7 cm³/mol. The summed E-state index contributed by atoms with van der Waals surface area (Å²) in [6.45, 7) is 7.10.